The molecule has 9 nitrogen and oxygen atoms in total. The summed E-state index contributed by atoms with van der Waals surface area (Å²) in [6, 6.07) is 9.46. The zero-order valence-electron chi connectivity index (χ0n) is 20.1. The van der Waals surface area contributed by atoms with Crippen molar-refractivity contribution in [3.8, 4) is 11.5 Å². The topological polar surface area (TPSA) is 111 Å². The Kier molecular flexibility index (Phi) is 9.00. The predicted octanol–water partition coefficient (Wildman–Crippen LogP) is 4.99. The van der Waals surface area contributed by atoms with Gasteiger partial charge in [0.1, 0.15) is 6.54 Å². The quantitative estimate of drug-likeness (QED) is 0.355. The summed E-state index contributed by atoms with van der Waals surface area (Å²) in [6.07, 6.45) is 2.39. The van der Waals surface area contributed by atoms with E-state index >= 15 is 0 Å². The first-order valence-electron chi connectivity index (χ1n) is 10.9. The Bertz CT molecular complexity index is 1230. The zero-order chi connectivity index (χ0) is 26.4. The van der Waals surface area contributed by atoms with E-state index in [1.165, 1.54) is 32.4 Å². The van der Waals surface area contributed by atoms with Gasteiger partial charge in [-0.25, -0.2) is 4.79 Å². The molecular formula is C25H25ClN2O7S. The lowest BCUT2D eigenvalue weighted by Gasteiger charge is -2.15. The van der Waals surface area contributed by atoms with E-state index < -0.39 is 29.6 Å². The average molecular weight is 533 g/mol. The summed E-state index contributed by atoms with van der Waals surface area (Å²) >= 11 is 6.72. The summed E-state index contributed by atoms with van der Waals surface area (Å²) in [5.41, 5.74) is 0.969. The first-order valence-corrected chi connectivity index (χ1v) is 12.1. The van der Waals surface area contributed by atoms with Crippen LogP contribution in [0.2, 0.25) is 5.02 Å². The van der Waals surface area contributed by atoms with Crippen LogP contribution in [-0.4, -0.2) is 54.8 Å². The third kappa shape index (κ3) is 6.38. The minimum absolute atomic E-state index is 0.00678. The summed E-state index contributed by atoms with van der Waals surface area (Å²) in [5, 5.41) is 2.14. The minimum atomic E-state index is -0.664. The Morgan fingerprint density at radius 2 is 1.89 bits per heavy atom. The van der Waals surface area contributed by atoms with Gasteiger partial charge < -0.3 is 19.5 Å². The number of rotatable bonds is 9. The number of hydrogen-bond donors (Lipinski definition) is 1. The van der Waals surface area contributed by atoms with E-state index in [1.807, 2.05) is 13.8 Å². The number of ether oxygens (including phenoxy) is 3. The third-order valence-corrected chi connectivity index (χ3v) is 6.46. The van der Waals surface area contributed by atoms with Crippen molar-refractivity contribution in [2.45, 2.75) is 26.4 Å². The molecule has 190 valence electrons. The standard InChI is InChI=1S/C25H25ClN2O7S/c1-5-14(2)35-19-9-6-15(10-20(19)33-3)11-21-23(30)28(25(32)36-21)13-22(29)27-16-7-8-18(26)17(12-16)24(31)34-4/h6-12,14H,5,13H2,1-4H3,(H,27,29)/b21-11-/t14-/m0/s1. The SMILES string of the molecule is CC[C@H](C)Oc1ccc(/C=C2\SC(=O)N(CC(=O)Nc3ccc(Cl)c(C(=O)OC)c3)C2=O)cc1OC. The molecule has 0 spiro atoms. The number of hydrogen-bond acceptors (Lipinski definition) is 8. The van der Waals surface area contributed by atoms with Gasteiger partial charge in [-0.05, 0) is 67.1 Å². The van der Waals surface area contributed by atoms with E-state index in [-0.39, 0.29) is 27.3 Å². The smallest absolute Gasteiger partial charge is 0.339 e. The van der Waals surface area contributed by atoms with E-state index in [0.717, 1.165) is 23.1 Å². The fourth-order valence-electron chi connectivity index (χ4n) is 3.17. The van der Waals surface area contributed by atoms with Crippen molar-refractivity contribution in [2.24, 2.45) is 0 Å². The highest BCUT2D eigenvalue weighted by Crippen LogP contribution is 2.35. The average Bonchev–Trinajstić information content (AvgIpc) is 3.12. The predicted molar refractivity (Wildman–Crippen MR) is 137 cm³/mol. The second-order valence-electron chi connectivity index (χ2n) is 7.75. The summed E-state index contributed by atoms with van der Waals surface area (Å²) in [4.78, 5) is 50.6. The maximum Gasteiger partial charge on any atom is 0.339 e. The molecule has 3 rings (SSSR count). The number of esters is 1. The number of nitrogens with zero attached hydrogens (tertiary/aromatic N) is 1. The molecule has 11 heteroatoms. The van der Waals surface area contributed by atoms with E-state index in [4.69, 9.17) is 21.1 Å². The Hall–Kier alpha value is -3.50. The van der Waals surface area contributed by atoms with Crippen LogP contribution in [-0.2, 0) is 14.3 Å². The Balaban J connectivity index is 1.71. The highest BCUT2D eigenvalue weighted by Gasteiger charge is 2.36. The second-order valence-corrected chi connectivity index (χ2v) is 9.15. The van der Waals surface area contributed by atoms with Crippen LogP contribution in [0.15, 0.2) is 41.3 Å². The zero-order valence-corrected chi connectivity index (χ0v) is 21.7. The van der Waals surface area contributed by atoms with Crippen molar-refractivity contribution >= 4 is 58.1 Å². The lowest BCUT2D eigenvalue weighted by atomic mass is 10.1. The van der Waals surface area contributed by atoms with Crippen LogP contribution in [0.3, 0.4) is 0 Å². The number of halogens is 1. The Morgan fingerprint density at radius 1 is 1.14 bits per heavy atom. The monoisotopic (exact) mass is 532 g/mol. The van der Waals surface area contributed by atoms with Gasteiger partial charge in [-0.15, -0.1) is 0 Å². The van der Waals surface area contributed by atoms with Gasteiger partial charge in [-0.2, -0.15) is 0 Å². The molecular weight excluding hydrogens is 508 g/mol. The first-order chi connectivity index (χ1) is 17.2. The van der Waals surface area contributed by atoms with Crippen molar-refractivity contribution < 1.29 is 33.4 Å². The van der Waals surface area contributed by atoms with Gasteiger partial charge in [0.25, 0.3) is 11.1 Å². The Labute approximate surface area is 217 Å². The molecule has 1 heterocycles. The van der Waals surface area contributed by atoms with Gasteiger partial charge in [0, 0.05) is 5.69 Å². The van der Waals surface area contributed by atoms with E-state index in [9.17, 15) is 19.2 Å². The van der Waals surface area contributed by atoms with Crippen LogP contribution in [0, 0.1) is 0 Å². The van der Waals surface area contributed by atoms with E-state index in [1.54, 1.807) is 24.3 Å². The third-order valence-electron chi connectivity index (χ3n) is 5.22. The number of benzene rings is 2. The van der Waals surface area contributed by atoms with Crippen LogP contribution in [0.4, 0.5) is 10.5 Å². The molecule has 1 aliphatic rings. The highest BCUT2D eigenvalue weighted by atomic mass is 35.5. The van der Waals surface area contributed by atoms with Crippen LogP contribution in [0.1, 0.15) is 36.2 Å². The number of thioether (sulfide) groups is 1. The van der Waals surface area contributed by atoms with Crippen LogP contribution in [0.5, 0.6) is 11.5 Å². The number of carbonyl (C=O) groups is 4. The number of nitrogens with one attached hydrogen (secondary N) is 1. The van der Waals surface area contributed by atoms with Gasteiger partial charge in [0.2, 0.25) is 5.91 Å². The minimum Gasteiger partial charge on any atom is -0.493 e. The Morgan fingerprint density at radius 3 is 2.56 bits per heavy atom. The summed E-state index contributed by atoms with van der Waals surface area (Å²) in [5.74, 6) is -0.804. The number of carbonyl (C=O) groups excluding carboxylic acids is 4. The van der Waals surface area contributed by atoms with Crippen molar-refractivity contribution in [1.82, 2.24) is 4.90 Å². The normalized spacial score (nSPS) is 15.1. The summed E-state index contributed by atoms with van der Waals surface area (Å²) < 4.78 is 15.9. The van der Waals surface area contributed by atoms with Crippen LogP contribution < -0.4 is 14.8 Å². The summed E-state index contributed by atoms with van der Waals surface area (Å²) in [6.45, 7) is 3.46. The molecule has 1 saturated heterocycles. The maximum atomic E-state index is 12.8. The van der Waals surface area contributed by atoms with Gasteiger partial charge in [-0.1, -0.05) is 24.6 Å². The lowest BCUT2D eigenvalue weighted by Crippen LogP contribution is -2.36. The number of imide groups is 1. The van der Waals surface area contributed by atoms with E-state index in [2.05, 4.69) is 10.1 Å². The molecule has 1 atom stereocenters. The van der Waals surface area contributed by atoms with Gasteiger partial charge in [0.15, 0.2) is 11.5 Å². The van der Waals surface area contributed by atoms with Gasteiger partial charge >= 0.3 is 5.97 Å². The van der Waals surface area contributed by atoms with Gasteiger partial charge in [-0.3, -0.25) is 19.3 Å². The molecule has 1 N–H and O–H groups in total. The molecule has 3 amide bonds. The van der Waals surface area contributed by atoms with Crippen LogP contribution >= 0.6 is 23.4 Å². The molecule has 0 bridgehead atoms. The van der Waals surface area contributed by atoms with Crippen LogP contribution in [0.25, 0.3) is 6.08 Å². The van der Waals surface area contributed by atoms with Crippen molar-refractivity contribution in [2.75, 3.05) is 26.1 Å². The molecule has 0 aliphatic carbocycles. The molecule has 36 heavy (non-hydrogen) atoms. The number of anilines is 1. The number of methoxy groups -OCH3 is 2. The molecule has 2 aromatic carbocycles. The van der Waals surface area contributed by atoms with Crippen molar-refractivity contribution in [3.05, 3.63) is 57.5 Å². The fraction of sp³-hybridized carbons (Fsp3) is 0.280. The second kappa shape index (κ2) is 12.0. The molecule has 1 aliphatic heterocycles. The summed E-state index contributed by atoms with van der Waals surface area (Å²) in [7, 11) is 2.73. The van der Waals surface area contributed by atoms with Crippen molar-refractivity contribution in [1.29, 1.82) is 0 Å². The molecule has 0 aromatic heterocycles. The highest BCUT2D eigenvalue weighted by molar-refractivity contribution is 8.18. The molecule has 0 unspecified atom stereocenters. The first kappa shape index (κ1) is 27.1. The van der Waals surface area contributed by atoms with Gasteiger partial charge in [0.05, 0.1) is 35.8 Å². The van der Waals surface area contributed by atoms with Crippen molar-refractivity contribution in [3.63, 3.8) is 0 Å². The maximum absolute atomic E-state index is 12.8. The molecule has 1 fully saturated rings. The fourth-order valence-corrected chi connectivity index (χ4v) is 4.21. The van der Waals surface area contributed by atoms with E-state index in [0.29, 0.717) is 17.1 Å². The molecule has 0 saturated carbocycles. The number of amides is 3. The lowest BCUT2D eigenvalue weighted by molar-refractivity contribution is -0.127. The molecule has 2 aromatic rings. The largest absolute Gasteiger partial charge is 0.493 e. The molecule has 0 radical (unpaired) electrons.